The molecule has 21 heavy (non-hydrogen) atoms. The maximum absolute atomic E-state index is 12.8. The van der Waals surface area contributed by atoms with Crippen LogP contribution in [0.2, 0.25) is 0 Å². The van der Waals surface area contributed by atoms with Crippen molar-refractivity contribution in [2.45, 2.75) is 58.5 Å². The first-order chi connectivity index (χ1) is 10.0. The van der Waals surface area contributed by atoms with Crippen molar-refractivity contribution in [1.82, 2.24) is 9.80 Å². The van der Waals surface area contributed by atoms with E-state index in [1.807, 2.05) is 11.8 Å². The Morgan fingerprint density at radius 1 is 1.43 bits per heavy atom. The number of unbranched alkanes of at least 4 members (excludes halogenated alkanes) is 1. The summed E-state index contributed by atoms with van der Waals surface area (Å²) >= 11 is 0. The summed E-state index contributed by atoms with van der Waals surface area (Å²) in [6.45, 7) is 8.17. The average Bonchev–Trinajstić information content (AvgIpc) is 2.47. The van der Waals surface area contributed by atoms with E-state index in [9.17, 15) is 9.59 Å². The van der Waals surface area contributed by atoms with Crippen LogP contribution in [0.3, 0.4) is 0 Å². The first-order valence-electron chi connectivity index (χ1n) is 7.88. The van der Waals surface area contributed by atoms with Crippen LogP contribution in [0.25, 0.3) is 0 Å². The van der Waals surface area contributed by atoms with E-state index in [2.05, 4.69) is 13.8 Å². The SMILES string of the molecule is CCCCN(C(=O)N1CCOCC1CC(=O)O)C(C)CC. The number of rotatable bonds is 7. The molecule has 0 aromatic rings. The summed E-state index contributed by atoms with van der Waals surface area (Å²) in [6.07, 6.45) is 2.82. The maximum Gasteiger partial charge on any atom is 0.320 e. The molecular formula is C15H28N2O4. The molecule has 1 N–H and O–H groups in total. The second-order valence-electron chi connectivity index (χ2n) is 5.61. The highest BCUT2D eigenvalue weighted by molar-refractivity contribution is 5.76. The second-order valence-corrected chi connectivity index (χ2v) is 5.61. The molecule has 0 aromatic carbocycles. The van der Waals surface area contributed by atoms with Crippen molar-refractivity contribution in [3.8, 4) is 0 Å². The molecule has 2 amide bonds. The zero-order chi connectivity index (χ0) is 15.8. The molecule has 1 fully saturated rings. The van der Waals surface area contributed by atoms with Crippen LogP contribution in [0.15, 0.2) is 0 Å². The van der Waals surface area contributed by atoms with Crippen LogP contribution in [-0.2, 0) is 9.53 Å². The summed E-state index contributed by atoms with van der Waals surface area (Å²) in [7, 11) is 0. The van der Waals surface area contributed by atoms with Gasteiger partial charge in [-0.3, -0.25) is 4.79 Å². The molecule has 1 heterocycles. The number of amides is 2. The van der Waals surface area contributed by atoms with Crippen LogP contribution in [0.1, 0.15) is 46.5 Å². The summed E-state index contributed by atoms with van der Waals surface area (Å²) in [5.74, 6) is -0.896. The minimum absolute atomic E-state index is 0.0487. The molecule has 0 bridgehead atoms. The van der Waals surface area contributed by atoms with E-state index in [1.165, 1.54) is 0 Å². The normalized spacial score (nSPS) is 20.1. The predicted octanol–water partition coefficient (Wildman–Crippen LogP) is 2.18. The molecule has 2 unspecified atom stereocenters. The van der Waals surface area contributed by atoms with Gasteiger partial charge in [0.2, 0.25) is 0 Å². The Morgan fingerprint density at radius 3 is 2.71 bits per heavy atom. The Morgan fingerprint density at radius 2 is 2.14 bits per heavy atom. The smallest absolute Gasteiger partial charge is 0.320 e. The Hall–Kier alpha value is -1.30. The lowest BCUT2D eigenvalue weighted by atomic mass is 10.1. The fourth-order valence-electron chi connectivity index (χ4n) is 2.50. The van der Waals surface area contributed by atoms with E-state index in [4.69, 9.17) is 9.84 Å². The standard InChI is InChI=1S/C15H28N2O4/c1-4-6-7-16(12(3)5-2)15(20)17-8-9-21-11-13(17)10-14(18)19/h12-13H,4-11H2,1-3H3,(H,18,19). The molecule has 0 radical (unpaired) electrons. The van der Waals surface area contributed by atoms with Crippen molar-refractivity contribution in [1.29, 1.82) is 0 Å². The van der Waals surface area contributed by atoms with Gasteiger partial charge in [0.15, 0.2) is 0 Å². The predicted molar refractivity (Wildman–Crippen MR) is 80.3 cm³/mol. The lowest BCUT2D eigenvalue weighted by Gasteiger charge is -2.40. The summed E-state index contributed by atoms with van der Waals surface area (Å²) in [6, 6.07) is -0.248. The van der Waals surface area contributed by atoms with E-state index in [-0.39, 0.29) is 24.5 Å². The monoisotopic (exact) mass is 300 g/mol. The number of hydrogen-bond acceptors (Lipinski definition) is 3. The average molecular weight is 300 g/mol. The van der Waals surface area contributed by atoms with Gasteiger partial charge in [-0.25, -0.2) is 4.79 Å². The highest BCUT2D eigenvalue weighted by Crippen LogP contribution is 2.17. The largest absolute Gasteiger partial charge is 0.481 e. The number of aliphatic carboxylic acids is 1. The molecule has 0 aliphatic carbocycles. The number of morpholine rings is 1. The third-order valence-corrected chi connectivity index (χ3v) is 4.00. The summed E-state index contributed by atoms with van der Waals surface area (Å²) in [5.41, 5.74) is 0. The third kappa shape index (κ3) is 5.19. The number of ether oxygens (including phenoxy) is 1. The van der Waals surface area contributed by atoms with Crippen LogP contribution < -0.4 is 0 Å². The number of carboxylic acids is 1. The van der Waals surface area contributed by atoms with Crippen molar-refractivity contribution in [3.05, 3.63) is 0 Å². The number of urea groups is 1. The zero-order valence-electron chi connectivity index (χ0n) is 13.4. The number of hydrogen-bond donors (Lipinski definition) is 1. The quantitative estimate of drug-likeness (QED) is 0.782. The maximum atomic E-state index is 12.8. The lowest BCUT2D eigenvalue weighted by Crippen LogP contribution is -2.56. The molecule has 122 valence electrons. The zero-order valence-corrected chi connectivity index (χ0v) is 13.4. The van der Waals surface area contributed by atoms with Crippen molar-refractivity contribution in [2.75, 3.05) is 26.3 Å². The molecule has 0 saturated carbocycles. The van der Waals surface area contributed by atoms with Crippen LogP contribution in [-0.4, -0.2) is 65.3 Å². The molecule has 2 atom stereocenters. The van der Waals surface area contributed by atoms with Crippen LogP contribution in [0.5, 0.6) is 0 Å². The minimum Gasteiger partial charge on any atom is -0.481 e. The molecule has 0 spiro atoms. The van der Waals surface area contributed by atoms with Crippen molar-refractivity contribution in [3.63, 3.8) is 0 Å². The van der Waals surface area contributed by atoms with Crippen molar-refractivity contribution >= 4 is 12.0 Å². The first-order valence-corrected chi connectivity index (χ1v) is 7.88. The Kier molecular flexibility index (Phi) is 7.50. The van der Waals surface area contributed by atoms with Gasteiger partial charge in [0.25, 0.3) is 0 Å². The van der Waals surface area contributed by atoms with Crippen molar-refractivity contribution < 1.29 is 19.4 Å². The Bertz CT molecular complexity index is 349. The van der Waals surface area contributed by atoms with Gasteiger partial charge in [0.1, 0.15) is 0 Å². The Balaban J connectivity index is 2.80. The highest BCUT2D eigenvalue weighted by Gasteiger charge is 2.33. The molecule has 6 nitrogen and oxygen atoms in total. The van der Waals surface area contributed by atoms with Gasteiger partial charge < -0.3 is 19.6 Å². The summed E-state index contributed by atoms with van der Waals surface area (Å²) in [4.78, 5) is 27.3. The van der Waals surface area contributed by atoms with Crippen LogP contribution in [0.4, 0.5) is 4.79 Å². The number of carbonyl (C=O) groups excluding carboxylic acids is 1. The highest BCUT2D eigenvalue weighted by atomic mass is 16.5. The molecule has 1 aliphatic rings. The number of carbonyl (C=O) groups is 2. The summed E-state index contributed by atoms with van der Waals surface area (Å²) < 4.78 is 5.34. The lowest BCUT2D eigenvalue weighted by molar-refractivity contribution is -0.139. The molecular weight excluding hydrogens is 272 g/mol. The van der Waals surface area contributed by atoms with E-state index >= 15 is 0 Å². The molecule has 0 aromatic heterocycles. The van der Waals surface area contributed by atoms with Gasteiger partial charge in [-0.15, -0.1) is 0 Å². The van der Waals surface area contributed by atoms with Gasteiger partial charge in [-0.05, 0) is 19.8 Å². The topological polar surface area (TPSA) is 70.1 Å². The van der Waals surface area contributed by atoms with E-state index in [0.29, 0.717) is 19.8 Å². The van der Waals surface area contributed by atoms with E-state index in [0.717, 1.165) is 25.8 Å². The molecule has 1 aliphatic heterocycles. The van der Waals surface area contributed by atoms with E-state index in [1.54, 1.807) is 4.90 Å². The summed E-state index contributed by atoms with van der Waals surface area (Å²) in [5, 5.41) is 8.99. The van der Waals surface area contributed by atoms with Gasteiger partial charge >= 0.3 is 12.0 Å². The molecule has 1 saturated heterocycles. The van der Waals surface area contributed by atoms with Gasteiger partial charge in [-0.2, -0.15) is 0 Å². The van der Waals surface area contributed by atoms with E-state index < -0.39 is 5.97 Å². The fraction of sp³-hybridized carbons (Fsp3) is 0.867. The third-order valence-electron chi connectivity index (χ3n) is 4.00. The van der Waals surface area contributed by atoms with Gasteiger partial charge in [0, 0.05) is 19.1 Å². The molecule has 6 heteroatoms. The van der Waals surface area contributed by atoms with Gasteiger partial charge in [0.05, 0.1) is 25.7 Å². The number of carboxylic acid groups (broad SMARTS) is 1. The second kappa shape index (κ2) is 8.87. The fourth-order valence-corrected chi connectivity index (χ4v) is 2.50. The first kappa shape index (κ1) is 17.8. The minimum atomic E-state index is -0.896. The van der Waals surface area contributed by atoms with Crippen molar-refractivity contribution in [2.24, 2.45) is 0 Å². The number of nitrogens with zero attached hydrogens (tertiary/aromatic N) is 2. The molecule has 1 rings (SSSR count). The Labute approximate surface area is 127 Å². The van der Waals surface area contributed by atoms with Crippen LogP contribution in [0, 0.1) is 0 Å². The van der Waals surface area contributed by atoms with Gasteiger partial charge in [-0.1, -0.05) is 20.3 Å². The van der Waals surface area contributed by atoms with Crippen LogP contribution >= 0.6 is 0 Å².